The molecule has 3 rings (SSSR count). The summed E-state index contributed by atoms with van der Waals surface area (Å²) in [5.74, 6) is 0.198. The van der Waals surface area contributed by atoms with Crippen LogP contribution in [0.1, 0.15) is 32.6 Å². The van der Waals surface area contributed by atoms with Gasteiger partial charge in [0.05, 0.1) is 16.1 Å². The van der Waals surface area contributed by atoms with E-state index in [1.807, 2.05) is 17.7 Å². The van der Waals surface area contributed by atoms with Gasteiger partial charge in [0.1, 0.15) is 5.69 Å². The predicted molar refractivity (Wildman–Crippen MR) is 110 cm³/mol. The molecule has 29 heavy (non-hydrogen) atoms. The highest BCUT2D eigenvalue weighted by Gasteiger charge is 2.28. The quantitative estimate of drug-likeness (QED) is 0.518. The van der Waals surface area contributed by atoms with Crippen molar-refractivity contribution in [2.75, 3.05) is 25.0 Å². The van der Waals surface area contributed by atoms with E-state index in [9.17, 15) is 18.5 Å². The molecule has 158 valence electrons. The minimum Gasteiger partial charge on any atom is -0.379 e. The standard InChI is InChI=1S/C19H27N5O4S/c1-16(14-22-11-8-20-15-22)13-21-18-7-6-17(12-19(18)24(25)26)29(27,28)23-9-4-2-3-5-10-23/h6-8,11-12,15-16,21H,2-5,9-10,13-14H2,1H3. The molecule has 0 radical (unpaired) electrons. The van der Waals surface area contributed by atoms with Crippen LogP contribution in [0, 0.1) is 16.0 Å². The fraction of sp³-hybridized carbons (Fsp3) is 0.526. The number of nitrogens with zero attached hydrogens (tertiary/aromatic N) is 4. The molecule has 1 aromatic heterocycles. The van der Waals surface area contributed by atoms with E-state index in [-0.39, 0.29) is 16.5 Å². The zero-order chi connectivity index (χ0) is 20.9. The van der Waals surface area contributed by atoms with E-state index in [0.717, 1.165) is 32.2 Å². The SMILES string of the molecule is CC(CNc1ccc(S(=O)(=O)N2CCCCCC2)cc1[N+](=O)[O-])Cn1ccnc1. The van der Waals surface area contributed by atoms with Crippen LogP contribution in [0.15, 0.2) is 41.8 Å². The molecule has 0 amide bonds. The summed E-state index contributed by atoms with van der Waals surface area (Å²) >= 11 is 0. The van der Waals surface area contributed by atoms with Crippen LogP contribution in [-0.2, 0) is 16.6 Å². The Bertz CT molecular complexity index is 922. The van der Waals surface area contributed by atoms with Gasteiger partial charge in [0, 0.05) is 44.6 Å². The molecule has 10 heteroatoms. The normalized spacial score (nSPS) is 16.9. The first-order valence-corrected chi connectivity index (χ1v) is 11.3. The van der Waals surface area contributed by atoms with E-state index >= 15 is 0 Å². The molecule has 1 aromatic carbocycles. The van der Waals surface area contributed by atoms with Crippen LogP contribution in [0.25, 0.3) is 0 Å². The molecular weight excluding hydrogens is 394 g/mol. The van der Waals surface area contributed by atoms with Gasteiger partial charge in [-0.25, -0.2) is 13.4 Å². The van der Waals surface area contributed by atoms with E-state index in [2.05, 4.69) is 10.3 Å². The number of aromatic nitrogens is 2. The van der Waals surface area contributed by atoms with Gasteiger partial charge in [0.15, 0.2) is 0 Å². The summed E-state index contributed by atoms with van der Waals surface area (Å²) in [7, 11) is -3.73. The smallest absolute Gasteiger partial charge is 0.293 e. The second-order valence-electron chi connectivity index (χ2n) is 7.50. The third kappa shape index (κ3) is 5.33. The van der Waals surface area contributed by atoms with E-state index in [0.29, 0.717) is 25.3 Å². The number of anilines is 1. The van der Waals surface area contributed by atoms with Crippen LogP contribution >= 0.6 is 0 Å². The molecule has 0 spiro atoms. The van der Waals surface area contributed by atoms with Crippen LogP contribution in [0.5, 0.6) is 0 Å². The fourth-order valence-electron chi connectivity index (χ4n) is 3.51. The number of imidazole rings is 1. The Morgan fingerprint density at radius 3 is 2.59 bits per heavy atom. The van der Waals surface area contributed by atoms with Crippen LogP contribution in [0.4, 0.5) is 11.4 Å². The van der Waals surface area contributed by atoms with Gasteiger partial charge >= 0.3 is 0 Å². The first-order valence-electron chi connectivity index (χ1n) is 9.86. The third-order valence-electron chi connectivity index (χ3n) is 5.09. The van der Waals surface area contributed by atoms with Crippen LogP contribution in [0.3, 0.4) is 0 Å². The van der Waals surface area contributed by atoms with Crippen molar-refractivity contribution in [3.05, 3.63) is 47.0 Å². The average Bonchev–Trinajstić information content (AvgIpc) is 3.03. The van der Waals surface area contributed by atoms with Crippen molar-refractivity contribution in [2.45, 2.75) is 44.0 Å². The minimum absolute atomic E-state index is 0.0249. The molecule has 0 saturated carbocycles. The van der Waals surface area contributed by atoms with E-state index in [1.165, 1.54) is 22.5 Å². The summed E-state index contributed by atoms with van der Waals surface area (Å²) in [6.07, 6.45) is 8.93. The summed E-state index contributed by atoms with van der Waals surface area (Å²) in [5, 5.41) is 14.7. The van der Waals surface area contributed by atoms with Gasteiger partial charge in [0.25, 0.3) is 5.69 Å². The molecular formula is C19H27N5O4S. The number of hydrogen-bond donors (Lipinski definition) is 1. The Hall–Kier alpha value is -2.46. The number of rotatable bonds is 8. The van der Waals surface area contributed by atoms with Gasteiger partial charge in [-0.3, -0.25) is 10.1 Å². The Morgan fingerprint density at radius 1 is 1.24 bits per heavy atom. The van der Waals surface area contributed by atoms with Gasteiger partial charge < -0.3 is 9.88 Å². The maximum atomic E-state index is 12.9. The molecule has 9 nitrogen and oxygen atoms in total. The molecule has 1 aliphatic rings. The van der Waals surface area contributed by atoms with Crippen LogP contribution < -0.4 is 5.32 Å². The lowest BCUT2D eigenvalue weighted by molar-refractivity contribution is -0.384. The maximum absolute atomic E-state index is 12.9. The fourth-order valence-corrected chi connectivity index (χ4v) is 5.04. The Morgan fingerprint density at radius 2 is 1.97 bits per heavy atom. The first kappa shape index (κ1) is 21.3. The summed E-state index contributed by atoms with van der Waals surface area (Å²) in [5.41, 5.74) is 0.0954. The number of nitro benzene ring substituents is 1. The lowest BCUT2D eigenvalue weighted by atomic mass is 10.1. The number of sulfonamides is 1. The second kappa shape index (κ2) is 9.36. The molecule has 1 unspecified atom stereocenters. The van der Waals surface area contributed by atoms with Crippen LogP contribution in [-0.4, -0.2) is 46.8 Å². The topological polar surface area (TPSA) is 110 Å². The highest BCUT2D eigenvalue weighted by molar-refractivity contribution is 7.89. The highest BCUT2D eigenvalue weighted by atomic mass is 32.2. The lowest BCUT2D eigenvalue weighted by Gasteiger charge is -2.20. The van der Waals surface area contributed by atoms with Crippen molar-refractivity contribution < 1.29 is 13.3 Å². The maximum Gasteiger partial charge on any atom is 0.293 e. The van der Waals surface area contributed by atoms with Gasteiger partial charge in [-0.15, -0.1) is 0 Å². The van der Waals surface area contributed by atoms with Gasteiger partial charge in [-0.1, -0.05) is 19.8 Å². The summed E-state index contributed by atoms with van der Waals surface area (Å²) in [6.45, 7) is 4.18. The Labute approximate surface area is 170 Å². The summed E-state index contributed by atoms with van der Waals surface area (Å²) in [6, 6.07) is 4.12. The molecule has 2 aromatic rings. The summed E-state index contributed by atoms with van der Waals surface area (Å²) < 4.78 is 29.3. The van der Waals surface area contributed by atoms with Crippen molar-refractivity contribution >= 4 is 21.4 Å². The van der Waals surface area contributed by atoms with E-state index in [1.54, 1.807) is 12.5 Å². The summed E-state index contributed by atoms with van der Waals surface area (Å²) in [4.78, 5) is 15.0. The Kier molecular flexibility index (Phi) is 6.86. The zero-order valence-electron chi connectivity index (χ0n) is 16.5. The first-order chi connectivity index (χ1) is 13.9. The number of nitro groups is 1. The van der Waals surface area contributed by atoms with Crippen molar-refractivity contribution in [3.8, 4) is 0 Å². The third-order valence-corrected chi connectivity index (χ3v) is 6.99. The van der Waals surface area contributed by atoms with Gasteiger partial charge in [-0.2, -0.15) is 4.31 Å². The monoisotopic (exact) mass is 421 g/mol. The molecule has 1 N–H and O–H groups in total. The van der Waals surface area contributed by atoms with Crippen molar-refractivity contribution in [1.29, 1.82) is 0 Å². The second-order valence-corrected chi connectivity index (χ2v) is 9.44. The molecule has 1 fully saturated rings. The predicted octanol–water partition coefficient (Wildman–Crippen LogP) is 3.10. The van der Waals surface area contributed by atoms with Gasteiger partial charge in [-0.05, 0) is 30.9 Å². The highest BCUT2D eigenvalue weighted by Crippen LogP contribution is 2.30. The van der Waals surface area contributed by atoms with Crippen LogP contribution in [0.2, 0.25) is 0 Å². The van der Waals surface area contributed by atoms with Gasteiger partial charge in [0.2, 0.25) is 10.0 Å². The molecule has 1 saturated heterocycles. The van der Waals surface area contributed by atoms with E-state index < -0.39 is 14.9 Å². The minimum atomic E-state index is -3.73. The van der Waals surface area contributed by atoms with Crippen molar-refractivity contribution in [3.63, 3.8) is 0 Å². The number of hydrogen-bond acceptors (Lipinski definition) is 6. The number of benzene rings is 1. The zero-order valence-corrected chi connectivity index (χ0v) is 17.3. The Balaban J connectivity index is 1.75. The largest absolute Gasteiger partial charge is 0.379 e. The molecule has 1 aliphatic heterocycles. The van der Waals surface area contributed by atoms with E-state index in [4.69, 9.17) is 0 Å². The molecule has 1 atom stereocenters. The molecule has 2 heterocycles. The number of nitrogens with one attached hydrogen (secondary N) is 1. The average molecular weight is 422 g/mol. The molecule has 0 bridgehead atoms. The van der Waals surface area contributed by atoms with Crippen molar-refractivity contribution in [1.82, 2.24) is 13.9 Å². The van der Waals surface area contributed by atoms with Crippen molar-refractivity contribution in [2.24, 2.45) is 5.92 Å². The lowest BCUT2D eigenvalue weighted by Crippen LogP contribution is -2.32. The molecule has 0 aliphatic carbocycles.